The molecule has 2 N–H and O–H groups in total. The zero-order valence-electron chi connectivity index (χ0n) is 10.8. The summed E-state index contributed by atoms with van der Waals surface area (Å²) in [6.45, 7) is 4.40. The van der Waals surface area contributed by atoms with Crippen molar-refractivity contribution in [3.05, 3.63) is 21.3 Å². The topological polar surface area (TPSA) is 54.0 Å². The minimum Gasteiger partial charge on any atom is -0.368 e. The zero-order chi connectivity index (χ0) is 14.4. The van der Waals surface area contributed by atoms with Gasteiger partial charge in [0.1, 0.15) is 11.0 Å². The second kappa shape index (κ2) is 7.78. The van der Waals surface area contributed by atoms with E-state index in [1.807, 2.05) is 13.8 Å². The molecule has 0 aliphatic heterocycles. The first-order valence-electron chi connectivity index (χ1n) is 5.98. The normalized spacial score (nSPS) is 12.1. The van der Waals surface area contributed by atoms with Crippen LogP contribution in [0.1, 0.15) is 26.7 Å². The molecule has 1 aromatic rings. The number of carbonyl (C=O) groups is 1. The highest BCUT2D eigenvalue weighted by atomic mass is 35.5. The lowest BCUT2D eigenvalue weighted by Gasteiger charge is -2.12. The molecule has 19 heavy (non-hydrogen) atoms. The van der Waals surface area contributed by atoms with Crippen molar-refractivity contribution in [2.45, 2.75) is 32.7 Å². The van der Waals surface area contributed by atoms with Crippen molar-refractivity contribution in [3.8, 4) is 0 Å². The Morgan fingerprint density at radius 3 is 2.68 bits per heavy atom. The second-order valence-electron chi connectivity index (χ2n) is 4.15. The second-order valence-corrected chi connectivity index (χ2v) is 5.32. The molecule has 0 aromatic carbocycles. The van der Waals surface area contributed by atoms with E-state index < -0.39 is 0 Å². The van der Waals surface area contributed by atoms with Crippen LogP contribution in [0.25, 0.3) is 0 Å². The first-order valence-corrected chi connectivity index (χ1v) is 7.12. The van der Waals surface area contributed by atoms with E-state index in [0.717, 1.165) is 6.42 Å². The van der Waals surface area contributed by atoms with Gasteiger partial charge in [-0.15, -0.1) is 0 Å². The van der Waals surface area contributed by atoms with Crippen molar-refractivity contribution < 1.29 is 4.79 Å². The number of rotatable bonds is 6. The molecule has 0 saturated heterocycles. The van der Waals surface area contributed by atoms with Crippen LogP contribution in [0.5, 0.6) is 0 Å². The number of aromatic nitrogens is 1. The van der Waals surface area contributed by atoms with Crippen molar-refractivity contribution >= 4 is 46.5 Å². The number of nitrogens with zero attached hydrogens (tertiary/aromatic N) is 1. The Bertz CT molecular complexity index is 454. The molecule has 7 heteroatoms. The summed E-state index contributed by atoms with van der Waals surface area (Å²) in [6, 6.07) is 1.69. The van der Waals surface area contributed by atoms with E-state index in [9.17, 15) is 4.79 Å². The lowest BCUT2D eigenvalue weighted by atomic mass is 10.2. The fourth-order valence-corrected chi connectivity index (χ4v) is 1.88. The van der Waals surface area contributed by atoms with E-state index in [-0.39, 0.29) is 17.1 Å². The molecule has 1 unspecified atom stereocenters. The summed E-state index contributed by atoms with van der Waals surface area (Å²) in [5, 5.41) is 6.68. The summed E-state index contributed by atoms with van der Waals surface area (Å²) in [7, 11) is 0. The van der Waals surface area contributed by atoms with Gasteiger partial charge in [-0.25, -0.2) is 4.98 Å². The number of amides is 1. The van der Waals surface area contributed by atoms with Crippen LogP contribution >= 0.6 is 34.8 Å². The molecule has 0 aliphatic rings. The Kier molecular flexibility index (Phi) is 6.69. The summed E-state index contributed by atoms with van der Waals surface area (Å²) in [4.78, 5) is 15.6. The molecule has 0 bridgehead atoms. The lowest BCUT2D eigenvalue weighted by molar-refractivity contribution is -0.121. The van der Waals surface area contributed by atoms with E-state index in [2.05, 4.69) is 15.6 Å². The molecule has 106 valence electrons. The zero-order valence-corrected chi connectivity index (χ0v) is 13.0. The van der Waals surface area contributed by atoms with E-state index >= 15 is 0 Å². The molecule has 1 heterocycles. The van der Waals surface area contributed by atoms with Gasteiger partial charge in [0.2, 0.25) is 5.91 Å². The average Bonchev–Trinajstić information content (AvgIpc) is 2.35. The van der Waals surface area contributed by atoms with Crippen molar-refractivity contribution in [2.75, 3.05) is 11.9 Å². The molecule has 0 radical (unpaired) electrons. The predicted molar refractivity (Wildman–Crippen MR) is 80.3 cm³/mol. The fourth-order valence-electron chi connectivity index (χ4n) is 1.31. The molecular formula is C12H16Cl3N3O. The van der Waals surface area contributed by atoms with E-state index in [1.165, 1.54) is 6.07 Å². The van der Waals surface area contributed by atoms with Crippen LogP contribution in [0.3, 0.4) is 0 Å². The SMILES string of the molecule is CCC(C)NC(=O)CCNc1nc(Cl)c(Cl)cc1Cl. The highest BCUT2D eigenvalue weighted by Gasteiger charge is 2.09. The van der Waals surface area contributed by atoms with E-state index in [4.69, 9.17) is 34.8 Å². The number of hydrogen-bond donors (Lipinski definition) is 2. The van der Waals surface area contributed by atoms with Gasteiger partial charge in [0.15, 0.2) is 0 Å². The van der Waals surface area contributed by atoms with Gasteiger partial charge in [0.05, 0.1) is 10.0 Å². The van der Waals surface area contributed by atoms with Gasteiger partial charge in [-0.3, -0.25) is 4.79 Å². The number of carbonyl (C=O) groups excluding carboxylic acids is 1. The standard InChI is InChI=1S/C12H16Cl3N3O/c1-3-7(2)17-10(19)4-5-16-12-9(14)6-8(13)11(15)18-12/h6-7H,3-5H2,1-2H3,(H,16,18)(H,17,19). The maximum absolute atomic E-state index is 11.6. The van der Waals surface area contributed by atoms with Crippen LogP contribution in [0.15, 0.2) is 6.07 Å². The molecule has 0 spiro atoms. The Morgan fingerprint density at radius 1 is 1.37 bits per heavy atom. The fraction of sp³-hybridized carbons (Fsp3) is 0.500. The monoisotopic (exact) mass is 323 g/mol. The largest absolute Gasteiger partial charge is 0.368 e. The van der Waals surface area contributed by atoms with Crippen molar-refractivity contribution in [2.24, 2.45) is 0 Å². The third-order valence-electron chi connectivity index (χ3n) is 2.55. The minimum absolute atomic E-state index is 0.0157. The molecule has 1 rings (SSSR count). The first-order chi connectivity index (χ1) is 8.93. The van der Waals surface area contributed by atoms with Gasteiger partial charge in [-0.05, 0) is 19.4 Å². The molecule has 4 nitrogen and oxygen atoms in total. The van der Waals surface area contributed by atoms with Crippen molar-refractivity contribution in [1.82, 2.24) is 10.3 Å². The number of pyridine rings is 1. The number of nitrogens with one attached hydrogen (secondary N) is 2. The van der Waals surface area contributed by atoms with Crippen LogP contribution in [0, 0.1) is 0 Å². The summed E-state index contributed by atoms with van der Waals surface area (Å²) in [5.41, 5.74) is 0. The van der Waals surface area contributed by atoms with Gasteiger partial charge in [0.25, 0.3) is 0 Å². The molecule has 1 aromatic heterocycles. The highest BCUT2D eigenvalue weighted by Crippen LogP contribution is 2.28. The van der Waals surface area contributed by atoms with Gasteiger partial charge >= 0.3 is 0 Å². The van der Waals surface area contributed by atoms with Crippen molar-refractivity contribution in [1.29, 1.82) is 0 Å². The molecule has 0 fully saturated rings. The Hall–Kier alpha value is -0.710. The van der Waals surface area contributed by atoms with Crippen LogP contribution in [0.4, 0.5) is 5.82 Å². The summed E-state index contributed by atoms with van der Waals surface area (Å²) >= 11 is 17.5. The Labute approximate surface area is 127 Å². The van der Waals surface area contributed by atoms with Crippen LogP contribution in [0.2, 0.25) is 15.2 Å². The summed E-state index contributed by atoms with van der Waals surface area (Å²) in [6.07, 6.45) is 1.24. The predicted octanol–water partition coefficient (Wildman–Crippen LogP) is 3.76. The minimum atomic E-state index is -0.0157. The van der Waals surface area contributed by atoms with Gasteiger partial charge in [-0.1, -0.05) is 41.7 Å². The third kappa shape index (κ3) is 5.43. The van der Waals surface area contributed by atoms with E-state index in [0.29, 0.717) is 28.8 Å². The van der Waals surface area contributed by atoms with Crippen molar-refractivity contribution in [3.63, 3.8) is 0 Å². The summed E-state index contributed by atoms with van der Waals surface area (Å²) in [5.74, 6) is 0.408. The molecule has 0 aliphatic carbocycles. The average molecular weight is 325 g/mol. The van der Waals surface area contributed by atoms with Gasteiger partial charge in [-0.2, -0.15) is 0 Å². The highest BCUT2D eigenvalue weighted by molar-refractivity contribution is 6.42. The third-order valence-corrected chi connectivity index (χ3v) is 3.51. The van der Waals surface area contributed by atoms with Crippen LogP contribution < -0.4 is 10.6 Å². The van der Waals surface area contributed by atoms with E-state index in [1.54, 1.807) is 0 Å². The van der Waals surface area contributed by atoms with Gasteiger partial charge in [0, 0.05) is 19.0 Å². The maximum atomic E-state index is 11.6. The number of anilines is 1. The molecule has 0 saturated carbocycles. The summed E-state index contributed by atoms with van der Waals surface area (Å²) < 4.78 is 0. The van der Waals surface area contributed by atoms with Gasteiger partial charge < -0.3 is 10.6 Å². The van der Waals surface area contributed by atoms with Crippen LogP contribution in [-0.2, 0) is 4.79 Å². The Morgan fingerprint density at radius 2 is 2.05 bits per heavy atom. The maximum Gasteiger partial charge on any atom is 0.221 e. The lowest BCUT2D eigenvalue weighted by Crippen LogP contribution is -2.33. The Balaban J connectivity index is 2.45. The molecular weight excluding hydrogens is 309 g/mol. The quantitative estimate of drug-likeness (QED) is 0.783. The smallest absolute Gasteiger partial charge is 0.221 e. The number of halogens is 3. The number of hydrogen-bond acceptors (Lipinski definition) is 3. The molecule has 1 amide bonds. The molecule has 1 atom stereocenters. The first kappa shape index (κ1) is 16.3. The van der Waals surface area contributed by atoms with Crippen LogP contribution in [-0.4, -0.2) is 23.5 Å².